The predicted octanol–water partition coefficient (Wildman–Crippen LogP) is 2.81. The van der Waals surface area contributed by atoms with Crippen LogP contribution in [0.25, 0.3) is 10.8 Å². The third kappa shape index (κ3) is 2.79. The molecule has 0 unspecified atom stereocenters. The molecule has 130 valence electrons. The van der Waals surface area contributed by atoms with E-state index in [9.17, 15) is 4.79 Å². The van der Waals surface area contributed by atoms with E-state index in [0.717, 1.165) is 28.0 Å². The van der Waals surface area contributed by atoms with E-state index in [0.29, 0.717) is 25.2 Å². The monoisotopic (exact) mass is 345 g/mol. The third-order valence-electron chi connectivity index (χ3n) is 4.66. The Morgan fingerprint density at radius 1 is 1.08 bits per heavy atom. The highest BCUT2D eigenvalue weighted by molar-refractivity contribution is 5.96. The number of carbonyl (C=O) groups is 1. The van der Waals surface area contributed by atoms with Gasteiger partial charge in [-0.1, -0.05) is 24.8 Å². The lowest BCUT2D eigenvalue weighted by molar-refractivity contribution is 0.0797. The summed E-state index contributed by atoms with van der Waals surface area (Å²) >= 11 is 0. The molecule has 26 heavy (non-hydrogen) atoms. The molecule has 0 atom stereocenters. The van der Waals surface area contributed by atoms with E-state index < -0.39 is 0 Å². The van der Waals surface area contributed by atoms with E-state index in [1.807, 2.05) is 49.5 Å². The number of anilines is 1. The summed E-state index contributed by atoms with van der Waals surface area (Å²) in [4.78, 5) is 20.8. The van der Waals surface area contributed by atoms with E-state index in [1.165, 1.54) is 0 Å². The topological polar surface area (TPSA) is 62.2 Å². The Bertz CT molecular complexity index is 986. The molecule has 1 aliphatic rings. The lowest BCUT2D eigenvalue weighted by atomic mass is 10.1. The first-order chi connectivity index (χ1) is 12.6. The van der Waals surface area contributed by atoms with Crippen molar-refractivity contribution < 1.29 is 4.79 Å². The van der Waals surface area contributed by atoms with E-state index in [2.05, 4.69) is 26.7 Å². The van der Waals surface area contributed by atoms with Gasteiger partial charge in [0.2, 0.25) is 0 Å². The quantitative estimate of drug-likeness (QED) is 0.715. The number of fused-ring (bicyclic) bond motifs is 1. The molecule has 1 amide bonds. The van der Waals surface area contributed by atoms with E-state index in [-0.39, 0.29) is 5.91 Å². The molecule has 0 spiro atoms. The smallest absolute Gasteiger partial charge is 0.258 e. The van der Waals surface area contributed by atoms with Crippen molar-refractivity contribution >= 4 is 22.5 Å². The number of pyridine rings is 1. The van der Waals surface area contributed by atoms with Gasteiger partial charge in [-0.3, -0.25) is 9.78 Å². The molecule has 3 aromatic rings. The van der Waals surface area contributed by atoms with Crippen molar-refractivity contribution in [1.29, 1.82) is 0 Å². The first-order valence-corrected chi connectivity index (χ1v) is 8.52. The lowest BCUT2D eigenvalue weighted by Crippen LogP contribution is -2.47. The van der Waals surface area contributed by atoms with E-state index in [1.54, 1.807) is 11.1 Å². The van der Waals surface area contributed by atoms with Crippen LogP contribution in [0.15, 0.2) is 61.1 Å². The molecule has 0 aliphatic carbocycles. The van der Waals surface area contributed by atoms with Crippen molar-refractivity contribution in [1.82, 2.24) is 20.1 Å². The summed E-state index contributed by atoms with van der Waals surface area (Å²) in [6.07, 6.45) is 3.58. The summed E-state index contributed by atoms with van der Waals surface area (Å²) in [6, 6.07) is 11.2. The molecule has 1 saturated heterocycles. The molecule has 1 fully saturated rings. The normalized spacial score (nSPS) is 14.7. The standard InChI is InChI=1S/C20H19N5O/c1-14-13-24(10-11-25(14)20(26)16-6-4-3-5-7-16)19-18-12-21-9-8-17(18)15(2)22-23-19/h3-9,12H,1,10-11,13H2,2H3. The Morgan fingerprint density at radius 2 is 1.88 bits per heavy atom. The molecule has 3 heterocycles. The molecule has 6 heteroatoms. The number of rotatable bonds is 2. The molecule has 0 radical (unpaired) electrons. The molecule has 1 aliphatic heterocycles. The fourth-order valence-electron chi connectivity index (χ4n) is 3.28. The van der Waals surface area contributed by atoms with E-state index >= 15 is 0 Å². The van der Waals surface area contributed by atoms with Crippen LogP contribution in [-0.2, 0) is 0 Å². The van der Waals surface area contributed by atoms with Gasteiger partial charge in [0.1, 0.15) is 0 Å². The average Bonchev–Trinajstić information content (AvgIpc) is 2.69. The van der Waals surface area contributed by atoms with Crippen molar-refractivity contribution in [2.24, 2.45) is 0 Å². The van der Waals surface area contributed by atoms with Gasteiger partial charge in [0.05, 0.1) is 12.2 Å². The van der Waals surface area contributed by atoms with Gasteiger partial charge in [0, 0.05) is 47.5 Å². The van der Waals surface area contributed by atoms with Gasteiger partial charge in [-0.25, -0.2) is 0 Å². The number of aryl methyl sites for hydroxylation is 1. The van der Waals surface area contributed by atoms with Gasteiger partial charge in [-0.2, -0.15) is 5.10 Å². The van der Waals surface area contributed by atoms with Crippen LogP contribution >= 0.6 is 0 Å². The summed E-state index contributed by atoms with van der Waals surface area (Å²) in [5.41, 5.74) is 2.30. The molecule has 1 aromatic carbocycles. The van der Waals surface area contributed by atoms with Crippen molar-refractivity contribution in [2.75, 3.05) is 24.5 Å². The summed E-state index contributed by atoms with van der Waals surface area (Å²) < 4.78 is 0. The highest BCUT2D eigenvalue weighted by Gasteiger charge is 2.27. The zero-order valence-corrected chi connectivity index (χ0v) is 14.6. The minimum Gasteiger partial charge on any atom is -0.347 e. The summed E-state index contributed by atoms with van der Waals surface area (Å²) in [5, 5.41) is 10.7. The summed E-state index contributed by atoms with van der Waals surface area (Å²) in [5.74, 6) is 0.767. The van der Waals surface area contributed by atoms with Gasteiger partial charge in [-0.05, 0) is 25.1 Å². The van der Waals surface area contributed by atoms with Crippen LogP contribution in [0.2, 0.25) is 0 Å². The average molecular weight is 345 g/mol. The minimum atomic E-state index is -0.0169. The van der Waals surface area contributed by atoms with Crippen LogP contribution in [-0.4, -0.2) is 45.6 Å². The van der Waals surface area contributed by atoms with Crippen LogP contribution in [0.1, 0.15) is 16.1 Å². The molecule has 4 rings (SSSR count). The fourth-order valence-corrected chi connectivity index (χ4v) is 3.28. The van der Waals surface area contributed by atoms with Gasteiger partial charge < -0.3 is 9.80 Å². The number of benzene rings is 1. The maximum absolute atomic E-state index is 12.7. The first-order valence-electron chi connectivity index (χ1n) is 8.52. The maximum atomic E-state index is 12.7. The van der Waals surface area contributed by atoms with Crippen molar-refractivity contribution in [3.8, 4) is 0 Å². The van der Waals surface area contributed by atoms with Crippen LogP contribution in [0.4, 0.5) is 5.82 Å². The maximum Gasteiger partial charge on any atom is 0.258 e. The number of piperazine rings is 1. The highest BCUT2D eigenvalue weighted by Crippen LogP contribution is 2.27. The number of nitrogens with zero attached hydrogens (tertiary/aromatic N) is 5. The zero-order valence-electron chi connectivity index (χ0n) is 14.6. The van der Waals surface area contributed by atoms with Crippen LogP contribution in [0.5, 0.6) is 0 Å². The van der Waals surface area contributed by atoms with Crippen molar-refractivity contribution in [2.45, 2.75) is 6.92 Å². The molecule has 6 nitrogen and oxygen atoms in total. The Kier molecular flexibility index (Phi) is 4.08. The second-order valence-electron chi connectivity index (χ2n) is 6.34. The number of amides is 1. The fraction of sp³-hybridized carbons (Fsp3) is 0.200. The summed E-state index contributed by atoms with van der Waals surface area (Å²) in [6.45, 7) is 7.81. The van der Waals surface area contributed by atoms with Crippen molar-refractivity contribution in [3.05, 3.63) is 72.3 Å². The van der Waals surface area contributed by atoms with Crippen molar-refractivity contribution in [3.63, 3.8) is 0 Å². The van der Waals surface area contributed by atoms with Gasteiger partial charge in [0.25, 0.3) is 5.91 Å². The Hall–Kier alpha value is -3.28. The molecule has 0 bridgehead atoms. The van der Waals surface area contributed by atoms with Crippen LogP contribution < -0.4 is 4.90 Å². The van der Waals surface area contributed by atoms with Crippen LogP contribution in [0, 0.1) is 6.92 Å². The number of hydrogen-bond donors (Lipinski definition) is 0. The first kappa shape index (κ1) is 16.2. The third-order valence-corrected chi connectivity index (χ3v) is 4.66. The van der Waals surface area contributed by atoms with Crippen LogP contribution in [0.3, 0.4) is 0 Å². The molecule has 0 saturated carbocycles. The Morgan fingerprint density at radius 3 is 2.65 bits per heavy atom. The lowest BCUT2D eigenvalue weighted by Gasteiger charge is -2.37. The second-order valence-corrected chi connectivity index (χ2v) is 6.34. The number of carbonyl (C=O) groups excluding carboxylic acids is 1. The number of aromatic nitrogens is 3. The van der Waals surface area contributed by atoms with Gasteiger partial charge in [0.15, 0.2) is 5.82 Å². The van der Waals surface area contributed by atoms with Gasteiger partial charge in [-0.15, -0.1) is 5.10 Å². The largest absolute Gasteiger partial charge is 0.347 e. The Labute approximate surface area is 151 Å². The highest BCUT2D eigenvalue weighted by atomic mass is 16.2. The summed E-state index contributed by atoms with van der Waals surface area (Å²) in [7, 11) is 0. The minimum absolute atomic E-state index is 0.0169. The second kappa shape index (κ2) is 6.55. The predicted molar refractivity (Wildman–Crippen MR) is 101 cm³/mol. The molecular formula is C20H19N5O. The van der Waals surface area contributed by atoms with E-state index in [4.69, 9.17) is 0 Å². The molecule has 0 N–H and O–H groups in total. The molecule has 2 aromatic heterocycles. The molecular weight excluding hydrogens is 326 g/mol. The zero-order chi connectivity index (χ0) is 18.1. The van der Waals surface area contributed by atoms with Gasteiger partial charge >= 0.3 is 0 Å². The number of hydrogen-bond acceptors (Lipinski definition) is 5. The Balaban J connectivity index is 1.59. The SMILES string of the molecule is C=C1CN(c2nnc(C)c3ccncc23)CCN1C(=O)c1ccccc1.